The minimum atomic E-state index is -0.407. The number of aliphatic hydroxyl groups is 1. The molecule has 0 aromatic heterocycles. The van der Waals surface area contributed by atoms with E-state index in [2.05, 4.69) is 5.32 Å². The summed E-state index contributed by atoms with van der Waals surface area (Å²) in [7, 11) is 1.59. The van der Waals surface area contributed by atoms with Gasteiger partial charge in [0.05, 0.1) is 19.3 Å². The molecule has 1 fully saturated rings. The zero-order valence-electron chi connectivity index (χ0n) is 7.45. The van der Waals surface area contributed by atoms with Crippen molar-refractivity contribution in [2.45, 2.75) is 18.6 Å². The first-order chi connectivity index (χ1) is 5.83. The Labute approximate surface area is 72.9 Å². The Bertz CT molecular complexity index is 115. The van der Waals surface area contributed by atoms with E-state index < -0.39 is 6.10 Å². The third kappa shape index (κ3) is 3.49. The maximum Gasteiger partial charge on any atom is 0.0897 e. The van der Waals surface area contributed by atoms with E-state index in [4.69, 9.17) is 9.47 Å². The predicted molar refractivity (Wildman–Crippen MR) is 45.1 cm³/mol. The highest BCUT2D eigenvalue weighted by Crippen LogP contribution is 2.02. The lowest BCUT2D eigenvalue weighted by Gasteiger charge is -2.14. The summed E-state index contributed by atoms with van der Waals surface area (Å²) in [5.41, 5.74) is 0. The van der Waals surface area contributed by atoms with Crippen LogP contribution in [-0.4, -0.2) is 50.7 Å². The van der Waals surface area contributed by atoms with Crippen molar-refractivity contribution in [2.24, 2.45) is 0 Å². The van der Waals surface area contributed by atoms with Crippen LogP contribution in [0.25, 0.3) is 0 Å². The van der Waals surface area contributed by atoms with E-state index in [-0.39, 0.29) is 0 Å². The Morgan fingerprint density at radius 1 is 1.75 bits per heavy atom. The zero-order chi connectivity index (χ0) is 8.81. The number of ether oxygens (including phenoxy) is 2. The smallest absolute Gasteiger partial charge is 0.0897 e. The predicted octanol–water partition coefficient (Wildman–Crippen LogP) is -0.628. The van der Waals surface area contributed by atoms with Crippen LogP contribution in [0.1, 0.15) is 6.42 Å². The maximum absolute atomic E-state index is 9.28. The largest absolute Gasteiger partial charge is 0.389 e. The summed E-state index contributed by atoms with van der Waals surface area (Å²) in [5, 5.41) is 12.5. The van der Waals surface area contributed by atoms with Crippen molar-refractivity contribution >= 4 is 0 Å². The van der Waals surface area contributed by atoms with Crippen LogP contribution >= 0.6 is 0 Å². The maximum atomic E-state index is 9.28. The second-order valence-electron chi connectivity index (χ2n) is 3.08. The van der Waals surface area contributed by atoms with Gasteiger partial charge in [0, 0.05) is 26.3 Å². The van der Waals surface area contributed by atoms with Gasteiger partial charge in [-0.15, -0.1) is 0 Å². The van der Waals surface area contributed by atoms with Gasteiger partial charge in [0.15, 0.2) is 0 Å². The molecule has 0 radical (unpaired) electrons. The van der Waals surface area contributed by atoms with Crippen molar-refractivity contribution in [3.63, 3.8) is 0 Å². The first-order valence-corrected chi connectivity index (χ1v) is 4.31. The average molecular weight is 175 g/mol. The molecule has 2 N–H and O–H groups in total. The van der Waals surface area contributed by atoms with Crippen molar-refractivity contribution in [3.05, 3.63) is 0 Å². The SMILES string of the molecule is COCC(O)CNC1CCOC1. The molecule has 1 heterocycles. The highest BCUT2D eigenvalue weighted by molar-refractivity contribution is 4.72. The summed E-state index contributed by atoms with van der Waals surface area (Å²) in [6.07, 6.45) is 0.635. The molecule has 4 heteroatoms. The number of aliphatic hydroxyl groups excluding tert-OH is 1. The molecule has 1 aliphatic rings. The van der Waals surface area contributed by atoms with Crippen molar-refractivity contribution in [1.82, 2.24) is 5.32 Å². The summed E-state index contributed by atoms with van der Waals surface area (Å²) in [6, 6.07) is 0.413. The van der Waals surface area contributed by atoms with Gasteiger partial charge in [-0.2, -0.15) is 0 Å². The molecule has 0 spiro atoms. The lowest BCUT2D eigenvalue weighted by atomic mass is 10.2. The van der Waals surface area contributed by atoms with Crippen molar-refractivity contribution in [1.29, 1.82) is 0 Å². The molecule has 1 saturated heterocycles. The summed E-state index contributed by atoms with van der Waals surface area (Å²) in [4.78, 5) is 0. The standard InChI is InChI=1S/C8H17NO3/c1-11-6-8(10)4-9-7-2-3-12-5-7/h7-10H,2-6H2,1H3. The van der Waals surface area contributed by atoms with Crippen molar-refractivity contribution < 1.29 is 14.6 Å². The molecule has 0 aromatic carbocycles. The lowest BCUT2D eigenvalue weighted by molar-refractivity contribution is 0.0622. The van der Waals surface area contributed by atoms with Crippen LogP contribution < -0.4 is 5.32 Å². The highest BCUT2D eigenvalue weighted by atomic mass is 16.5. The van der Waals surface area contributed by atoms with Gasteiger partial charge in [-0.1, -0.05) is 0 Å². The van der Waals surface area contributed by atoms with E-state index in [1.54, 1.807) is 7.11 Å². The Morgan fingerprint density at radius 3 is 3.17 bits per heavy atom. The van der Waals surface area contributed by atoms with Gasteiger partial charge in [-0.25, -0.2) is 0 Å². The fraction of sp³-hybridized carbons (Fsp3) is 1.00. The number of rotatable bonds is 5. The van der Waals surface area contributed by atoms with Gasteiger partial charge >= 0.3 is 0 Å². The molecular formula is C8H17NO3. The van der Waals surface area contributed by atoms with Crippen LogP contribution in [-0.2, 0) is 9.47 Å². The number of hydrogen-bond donors (Lipinski definition) is 2. The van der Waals surface area contributed by atoms with E-state index in [0.29, 0.717) is 19.2 Å². The quantitative estimate of drug-likeness (QED) is 0.584. The van der Waals surface area contributed by atoms with E-state index in [1.807, 2.05) is 0 Å². The number of methoxy groups -OCH3 is 1. The molecule has 2 atom stereocenters. The molecule has 0 aromatic rings. The van der Waals surface area contributed by atoms with Crippen LogP contribution in [0.2, 0.25) is 0 Å². The van der Waals surface area contributed by atoms with Crippen molar-refractivity contribution in [2.75, 3.05) is 33.5 Å². The highest BCUT2D eigenvalue weighted by Gasteiger charge is 2.15. The molecule has 0 amide bonds. The van der Waals surface area contributed by atoms with Gasteiger partial charge in [0.1, 0.15) is 0 Å². The van der Waals surface area contributed by atoms with Gasteiger partial charge in [0.25, 0.3) is 0 Å². The first kappa shape index (κ1) is 9.92. The second-order valence-corrected chi connectivity index (χ2v) is 3.08. The second kappa shape index (κ2) is 5.48. The third-order valence-electron chi connectivity index (χ3n) is 1.93. The molecule has 1 aliphatic heterocycles. The molecule has 0 aliphatic carbocycles. The summed E-state index contributed by atoms with van der Waals surface area (Å²) < 4.78 is 9.97. The third-order valence-corrected chi connectivity index (χ3v) is 1.93. The minimum Gasteiger partial charge on any atom is -0.389 e. The van der Waals surface area contributed by atoms with Crippen LogP contribution in [0.4, 0.5) is 0 Å². The first-order valence-electron chi connectivity index (χ1n) is 4.31. The van der Waals surface area contributed by atoms with Crippen LogP contribution in [0, 0.1) is 0 Å². The van der Waals surface area contributed by atoms with Gasteiger partial charge in [-0.3, -0.25) is 0 Å². The Kier molecular flexibility index (Phi) is 4.53. The summed E-state index contributed by atoms with van der Waals surface area (Å²) in [5.74, 6) is 0. The van der Waals surface area contributed by atoms with E-state index in [1.165, 1.54) is 0 Å². The van der Waals surface area contributed by atoms with Crippen LogP contribution in [0.5, 0.6) is 0 Å². The molecule has 0 bridgehead atoms. The monoisotopic (exact) mass is 175 g/mol. The minimum absolute atomic E-state index is 0.389. The molecule has 1 rings (SSSR count). The summed E-state index contributed by atoms with van der Waals surface area (Å²) >= 11 is 0. The lowest BCUT2D eigenvalue weighted by Crippen LogP contribution is -2.37. The topological polar surface area (TPSA) is 50.7 Å². The van der Waals surface area contributed by atoms with Crippen LogP contribution in [0.15, 0.2) is 0 Å². The molecule has 12 heavy (non-hydrogen) atoms. The number of hydrogen-bond acceptors (Lipinski definition) is 4. The molecule has 72 valence electrons. The zero-order valence-corrected chi connectivity index (χ0v) is 7.45. The van der Waals surface area contributed by atoms with Gasteiger partial charge in [0.2, 0.25) is 0 Å². The molecule has 4 nitrogen and oxygen atoms in total. The molecule has 2 unspecified atom stereocenters. The molecule has 0 saturated carbocycles. The van der Waals surface area contributed by atoms with Crippen molar-refractivity contribution in [3.8, 4) is 0 Å². The van der Waals surface area contributed by atoms with E-state index >= 15 is 0 Å². The Balaban J connectivity index is 1.99. The van der Waals surface area contributed by atoms with E-state index in [0.717, 1.165) is 19.6 Å². The summed E-state index contributed by atoms with van der Waals surface area (Å²) in [6.45, 7) is 2.57. The van der Waals surface area contributed by atoms with E-state index in [9.17, 15) is 5.11 Å². The van der Waals surface area contributed by atoms with Crippen LogP contribution in [0.3, 0.4) is 0 Å². The Hall–Kier alpha value is -0.160. The fourth-order valence-electron chi connectivity index (χ4n) is 1.25. The van der Waals surface area contributed by atoms with Gasteiger partial charge in [-0.05, 0) is 6.42 Å². The fourth-order valence-corrected chi connectivity index (χ4v) is 1.25. The van der Waals surface area contributed by atoms with Gasteiger partial charge < -0.3 is 19.9 Å². The normalized spacial score (nSPS) is 26.0. The molecular weight excluding hydrogens is 158 g/mol. The number of nitrogens with one attached hydrogen (secondary N) is 1. The Morgan fingerprint density at radius 2 is 2.58 bits per heavy atom. The average Bonchev–Trinajstić information content (AvgIpc) is 2.53.